The molecular weight excluding hydrogens is 583 g/mol. The first-order chi connectivity index (χ1) is 21.9. The van der Waals surface area contributed by atoms with Crippen molar-refractivity contribution in [2.75, 3.05) is 44.0 Å². The first-order valence-electron chi connectivity index (χ1n) is 15.4. The zero-order valence-electron chi connectivity index (χ0n) is 25.0. The van der Waals surface area contributed by atoms with E-state index in [2.05, 4.69) is 35.7 Å². The van der Waals surface area contributed by atoms with E-state index in [1.807, 2.05) is 0 Å². The third-order valence-electron chi connectivity index (χ3n) is 9.26. The van der Waals surface area contributed by atoms with E-state index in [0.717, 1.165) is 45.2 Å². The molecule has 0 aliphatic carbocycles. The average Bonchev–Trinajstić information content (AvgIpc) is 3.47. The fraction of sp³-hybridized carbons (Fsp3) is 0.455. The third-order valence-corrected chi connectivity index (χ3v) is 9.26. The fourth-order valence-electron chi connectivity index (χ4n) is 7.17. The Morgan fingerprint density at radius 3 is 2.67 bits per heavy atom. The van der Waals surface area contributed by atoms with Gasteiger partial charge in [0.15, 0.2) is 5.82 Å². The van der Waals surface area contributed by atoms with Gasteiger partial charge in [-0.25, -0.2) is 23.1 Å². The van der Waals surface area contributed by atoms with Crippen LogP contribution >= 0.6 is 0 Å². The number of aromatic nitrogens is 4. The van der Waals surface area contributed by atoms with Gasteiger partial charge in [0.25, 0.3) is 0 Å². The summed E-state index contributed by atoms with van der Waals surface area (Å²) in [7, 11) is 1.43. The van der Waals surface area contributed by atoms with Gasteiger partial charge in [-0.1, -0.05) is 18.8 Å². The summed E-state index contributed by atoms with van der Waals surface area (Å²) >= 11 is 0. The molecule has 12 heteroatoms. The summed E-state index contributed by atoms with van der Waals surface area (Å²) in [5, 5.41) is 0.601. The lowest BCUT2D eigenvalue weighted by molar-refractivity contribution is 0.275. The number of nitrogens with zero attached hydrogens (tertiary/aromatic N) is 6. The molecule has 8 rings (SSSR count). The van der Waals surface area contributed by atoms with Crippen LogP contribution in [0.15, 0.2) is 18.2 Å². The number of rotatable bonds is 2. The Morgan fingerprint density at radius 2 is 1.87 bits per heavy atom. The van der Waals surface area contributed by atoms with Crippen LogP contribution < -0.4 is 20.1 Å². The number of anilines is 2. The molecule has 4 aliphatic heterocycles. The second-order valence-corrected chi connectivity index (χ2v) is 12.0. The van der Waals surface area contributed by atoms with Crippen LogP contribution in [0.2, 0.25) is 0 Å². The van der Waals surface area contributed by atoms with Crippen LogP contribution in [0, 0.1) is 24.0 Å². The molecule has 0 bridgehead atoms. The Labute approximate surface area is 258 Å². The predicted molar refractivity (Wildman–Crippen MR) is 166 cm³/mol. The Morgan fingerprint density at radius 1 is 1.02 bits per heavy atom. The van der Waals surface area contributed by atoms with E-state index < -0.39 is 17.8 Å². The number of fused-ring (bicyclic) bond motifs is 4. The number of pyridine rings is 2. The van der Waals surface area contributed by atoms with Crippen LogP contribution in [-0.4, -0.2) is 76.4 Å². The molecule has 3 saturated heterocycles. The highest BCUT2D eigenvalue weighted by Gasteiger charge is 2.35. The van der Waals surface area contributed by atoms with Gasteiger partial charge in [-0.2, -0.15) is 9.97 Å². The van der Waals surface area contributed by atoms with Crippen molar-refractivity contribution in [1.29, 1.82) is 0 Å². The standard InChI is InChI=1S/C26H22F2N6O2.C7H12FN/c1-3-14-16(27)8-9-17-19(14)15(11-18(29)30-17)22-21(28)23-20-24(33-26(32-23)35-2)34-10-6-4-5-7-13(34)12-36-25(20)31-22;8-6-4-7-2-1-3-9(7)5-6/h1,8-9,11,13H,4-7,10,12H2,2H3,(H2,29,30);6-7H,1-5H2. The highest BCUT2D eigenvalue weighted by molar-refractivity contribution is 6.03. The van der Waals surface area contributed by atoms with Crippen LogP contribution in [0.1, 0.15) is 50.5 Å². The SMILES string of the molecule is C#Cc1c(F)ccc2nc(N)cc(-c3nc4c5c(nc(OC)nc5c3F)N3CCCCCC3CO4)c12.FC1CC2CCCN2C1. The van der Waals surface area contributed by atoms with E-state index in [1.165, 1.54) is 38.2 Å². The lowest BCUT2D eigenvalue weighted by atomic mass is 9.99. The minimum absolute atomic E-state index is 0.0102. The molecule has 2 N–H and O–H groups in total. The predicted octanol–water partition coefficient (Wildman–Crippen LogP) is 5.42. The maximum Gasteiger partial charge on any atom is 0.318 e. The van der Waals surface area contributed by atoms with Crippen molar-refractivity contribution in [3.05, 3.63) is 35.4 Å². The van der Waals surface area contributed by atoms with E-state index in [0.29, 0.717) is 35.9 Å². The van der Waals surface area contributed by atoms with Crippen molar-refractivity contribution < 1.29 is 22.6 Å². The lowest BCUT2D eigenvalue weighted by Gasteiger charge is -2.28. The number of halogens is 3. The summed E-state index contributed by atoms with van der Waals surface area (Å²) < 4.78 is 55.1. The summed E-state index contributed by atoms with van der Waals surface area (Å²) in [4.78, 5) is 22.2. The van der Waals surface area contributed by atoms with Gasteiger partial charge in [0.05, 0.1) is 24.2 Å². The van der Waals surface area contributed by atoms with Crippen LogP contribution in [0.5, 0.6) is 11.9 Å². The van der Waals surface area contributed by atoms with Crippen LogP contribution in [-0.2, 0) is 0 Å². The van der Waals surface area contributed by atoms with E-state index in [-0.39, 0.29) is 51.5 Å². The second kappa shape index (κ2) is 11.9. The molecule has 1 aromatic carbocycles. The van der Waals surface area contributed by atoms with Gasteiger partial charge in [-0.05, 0) is 56.8 Å². The fourth-order valence-corrected chi connectivity index (χ4v) is 7.17. The zero-order valence-corrected chi connectivity index (χ0v) is 25.0. The van der Waals surface area contributed by atoms with E-state index in [9.17, 15) is 8.78 Å². The molecule has 0 spiro atoms. The number of alkyl halides is 1. The summed E-state index contributed by atoms with van der Waals surface area (Å²) in [5.74, 6) is 1.80. The Balaban J connectivity index is 0.000000308. The number of terminal acetylenes is 1. The molecule has 3 atom stereocenters. The monoisotopic (exact) mass is 617 g/mol. The molecule has 7 heterocycles. The number of nitrogen functional groups attached to an aromatic ring is 1. The first kappa shape index (κ1) is 29.3. The molecule has 0 amide bonds. The normalized spacial score (nSPS) is 22.5. The third kappa shape index (κ3) is 5.23. The summed E-state index contributed by atoms with van der Waals surface area (Å²) in [5.41, 5.74) is 6.36. The number of hydrogen-bond donors (Lipinski definition) is 1. The van der Waals surface area contributed by atoms with Crippen molar-refractivity contribution in [3.8, 4) is 35.5 Å². The van der Waals surface area contributed by atoms with Gasteiger partial charge < -0.3 is 20.1 Å². The highest BCUT2D eigenvalue weighted by atomic mass is 19.1. The number of ether oxygens (including phenoxy) is 2. The maximum absolute atomic E-state index is 16.3. The Hall–Kier alpha value is -4.37. The average molecular weight is 618 g/mol. The van der Waals surface area contributed by atoms with Gasteiger partial charge in [0.1, 0.15) is 46.8 Å². The minimum atomic E-state index is -0.744. The maximum atomic E-state index is 16.3. The molecule has 0 saturated carbocycles. The molecule has 3 unspecified atom stereocenters. The zero-order chi connectivity index (χ0) is 31.2. The molecule has 4 aliphatic rings. The van der Waals surface area contributed by atoms with E-state index >= 15 is 4.39 Å². The largest absolute Gasteiger partial charge is 0.475 e. The molecule has 3 fully saturated rings. The summed E-state index contributed by atoms with van der Waals surface area (Å²) in [6, 6.07) is 4.77. The molecule has 9 nitrogen and oxygen atoms in total. The Kier molecular flexibility index (Phi) is 7.73. The van der Waals surface area contributed by atoms with Crippen LogP contribution in [0.3, 0.4) is 0 Å². The first-order valence-corrected chi connectivity index (χ1v) is 15.4. The van der Waals surface area contributed by atoms with Crippen molar-refractivity contribution >= 4 is 33.4 Å². The van der Waals surface area contributed by atoms with Gasteiger partial charge in [-0.3, -0.25) is 4.90 Å². The van der Waals surface area contributed by atoms with E-state index in [1.54, 1.807) is 0 Å². The van der Waals surface area contributed by atoms with Crippen LogP contribution in [0.4, 0.5) is 24.8 Å². The van der Waals surface area contributed by atoms with Gasteiger partial charge in [0, 0.05) is 30.1 Å². The number of hydrogen-bond acceptors (Lipinski definition) is 9. The second-order valence-electron chi connectivity index (χ2n) is 12.0. The lowest BCUT2D eigenvalue weighted by Crippen LogP contribution is -2.38. The molecule has 4 aromatic rings. The van der Waals surface area contributed by atoms with Gasteiger partial charge in [-0.15, -0.1) is 6.42 Å². The smallest absolute Gasteiger partial charge is 0.318 e. The Bertz CT molecular complexity index is 1820. The quantitative estimate of drug-likeness (QED) is 0.295. The molecule has 0 radical (unpaired) electrons. The van der Waals surface area contributed by atoms with Gasteiger partial charge in [0.2, 0.25) is 5.88 Å². The minimum Gasteiger partial charge on any atom is -0.475 e. The highest BCUT2D eigenvalue weighted by Crippen LogP contribution is 2.43. The summed E-state index contributed by atoms with van der Waals surface area (Å²) in [6.45, 7) is 2.97. The number of nitrogens with two attached hydrogens (primary N) is 1. The van der Waals surface area contributed by atoms with Crippen molar-refractivity contribution in [1.82, 2.24) is 24.8 Å². The van der Waals surface area contributed by atoms with Crippen LogP contribution in [0.25, 0.3) is 33.1 Å². The molecular formula is C33H34F3N7O2. The van der Waals surface area contributed by atoms with E-state index in [4.69, 9.17) is 21.6 Å². The topological polar surface area (TPSA) is 103 Å². The van der Waals surface area contributed by atoms with Crippen molar-refractivity contribution in [2.24, 2.45) is 0 Å². The van der Waals surface area contributed by atoms with Crippen molar-refractivity contribution in [2.45, 2.75) is 63.2 Å². The molecule has 234 valence electrons. The van der Waals surface area contributed by atoms with Gasteiger partial charge >= 0.3 is 6.01 Å². The number of benzene rings is 1. The summed E-state index contributed by atoms with van der Waals surface area (Å²) in [6.07, 6.45) is 12.5. The van der Waals surface area contributed by atoms with Crippen molar-refractivity contribution in [3.63, 3.8) is 0 Å². The molecule has 3 aromatic heterocycles. The number of methoxy groups -OCH3 is 1. The molecule has 45 heavy (non-hydrogen) atoms.